The minimum absolute atomic E-state index is 0.293. The molecule has 0 radical (unpaired) electrons. The lowest BCUT2D eigenvalue weighted by Crippen LogP contribution is -2.41. The predicted molar refractivity (Wildman–Crippen MR) is 60.2 cm³/mol. The molecule has 1 saturated heterocycles. The van der Waals surface area contributed by atoms with Crippen LogP contribution in [-0.4, -0.2) is 55.9 Å². The average molecular weight is 268 g/mol. The topological polar surface area (TPSA) is 41.6 Å². The van der Waals surface area contributed by atoms with Crippen LogP contribution in [0.4, 0.5) is 13.2 Å². The Hall–Kier alpha value is -0.820. The van der Waals surface area contributed by atoms with Crippen LogP contribution in [0.3, 0.4) is 0 Å². The number of nitrogens with zero attached hydrogens (tertiary/aromatic N) is 1. The van der Waals surface area contributed by atoms with Crippen molar-refractivity contribution in [2.24, 2.45) is 0 Å². The number of carbonyl (C=O) groups is 1. The van der Waals surface area contributed by atoms with Gasteiger partial charge in [-0.05, 0) is 25.9 Å². The summed E-state index contributed by atoms with van der Waals surface area (Å²) in [7, 11) is 0. The minimum atomic E-state index is -4.38. The largest absolute Gasteiger partial charge is 0.411 e. The lowest BCUT2D eigenvalue weighted by Gasteiger charge is -2.22. The maximum Gasteiger partial charge on any atom is 0.411 e. The summed E-state index contributed by atoms with van der Waals surface area (Å²) in [6, 6.07) is 0.293. The molecule has 0 aromatic carbocycles. The Morgan fingerprint density at radius 2 is 2.22 bits per heavy atom. The standard InChI is InChI=1S/C11H19F3N2O2/c1-2-16-5-3-4-9(16)6-15-10(17)7-18-8-11(12,13)14/h9H,2-8H2,1H3,(H,15,17)/t9-/m0/s1. The number of nitrogens with one attached hydrogen (secondary N) is 1. The van der Waals surface area contributed by atoms with Crippen molar-refractivity contribution in [1.29, 1.82) is 0 Å². The second kappa shape index (κ2) is 6.94. The quantitative estimate of drug-likeness (QED) is 0.786. The molecular formula is C11H19F3N2O2. The smallest absolute Gasteiger partial charge is 0.362 e. The van der Waals surface area contributed by atoms with E-state index in [9.17, 15) is 18.0 Å². The summed E-state index contributed by atoms with van der Waals surface area (Å²) in [5.74, 6) is -0.498. The minimum Gasteiger partial charge on any atom is -0.362 e. The van der Waals surface area contributed by atoms with Crippen LogP contribution in [0.1, 0.15) is 19.8 Å². The van der Waals surface area contributed by atoms with E-state index < -0.39 is 25.3 Å². The monoisotopic (exact) mass is 268 g/mol. The highest BCUT2D eigenvalue weighted by Crippen LogP contribution is 2.16. The molecule has 0 aromatic heterocycles. The van der Waals surface area contributed by atoms with E-state index >= 15 is 0 Å². The van der Waals surface area contributed by atoms with Gasteiger partial charge in [0.2, 0.25) is 5.91 Å². The first-order chi connectivity index (χ1) is 8.42. The number of halogens is 3. The number of carbonyl (C=O) groups excluding carboxylic acids is 1. The van der Waals surface area contributed by atoms with Crippen molar-refractivity contribution in [1.82, 2.24) is 10.2 Å². The third-order valence-corrected chi connectivity index (χ3v) is 2.94. The Bertz CT molecular complexity index is 272. The molecule has 0 unspecified atom stereocenters. The molecule has 18 heavy (non-hydrogen) atoms. The van der Waals surface area contributed by atoms with Crippen LogP contribution in [0.15, 0.2) is 0 Å². The summed E-state index contributed by atoms with van der Waals surface area (Å²) in [5.41, 5.74) is 0. The number of alkyl halides is 3. The SMILES string of the molecule is CCN1CCC[C@H]1CNC(=O)COCC(F)(F)F. The molecule has 0 bridgehead atoms. The molecule has 0 spiro atoms. The van der Waals surface area contributed by atoms with Crippen LogP contribution in [0.25, 0.3) is 0 Å². The number of hydrogen-bond donors (Lipinski definition) is 1. The van der Waals surface area contributed by atoms with E-state index in [1.54, 1.807) is 0 Å². The molecule has 1 N–H and O–H groups in total. The van der Waals surface area contributed by atoms with Gasteiger partial charge in [-0.1, -0.05) is 6.92 Å². The van der Waals surface area contributed by atoms with E-state index in [-0.39, 0.29) is 0 Å². The number of rotatable bonds is 6. The van der Waals surface area contributed by atoms with Gasteiger partial charge in [-0.3, -0.25) is 9.69 Å². The number of ether oxygens (including phenoxy) is 1. The molecule has 1 fully saturated rings. The number of likely N-dealkylation sites (tertiary alicyclic amines) is 1. The maximum atomic E-state index is 11.8. The first-order valence-electron chi connectivity index (χ1n) is 6.07. The maximum absolute atomic E-state index is 11.8. The van der Waals surface area contributed by atoms with Crippen LogP contribution < -0.4 is 5.32 Å². The second-order valence-electron chi connectivity index (χ2n) is 4.34. The Labute approximate surface area is 104 Å². The van der Waals surface area contributed by atoms with Crippen LogP contribution in [0.5, 0.6) is 0 Å². The number of likely N-dealkylation sites (N-methyl/N-ethyl adjacent to an activating group) is 1. The van der Waals surface area contributed by atoms with Crippen molar-refractivity contribution >= 4 is 5.91 Å². The summed E-state index contributed by atoms with van der Waals surface area (Å²) in [5, 5.41) is 2.60. The van der Waals surface area contributed by atoms with E-state index in [1.807, 2.05) is 6.92 Å². The molecule has 1 rings (SSSR count). The first kappa shape index (κ1) is 15.2. The normalized spacial score (nSPS) is 21.2. The van der Waals surface area contributed by atoms with Crippen molar-refractivity contribution in [3.8, 4) is 0 Å². The van der Waals surface area contributed by atoms with E-state index in [2.05, 4.69) is 15.0 Å². The van der Waals surface area contributed by atoms with Gasteiger partial charge in [0.1, 0.15) is 13.2 Å². The van der Waals surface area contributed by atoms with Gasteiger partial charge < -0.3 is 10.1 Å². The Morgan fingerprint density at radius 1 is 1.50 bits per heavy atom. The molecule has 0 aliphatic carbocycles. The Balaban J connectivity index is 2.13. The molecular weight excluding hydrogens is 249 g/mol. The molecule has 1 aliphatic heterocycles. The highest BCUT2D eigenvalue weighted by molar-refractivity contribution is 5.77. The first-order valence-corrected chi connectivity index (χ1v) is 6.07. The van der Waals surface area contributed by atoms with Gasteiger partial charge in [0, 0.05) is 12.6 Å². The fourth-order valence-corrected chi connectivity index (χ4v) is 2.08. The second-order valence-corrected chi connectivity index (χ2v) is 4.34. The van der Waals surface area contributed by atoms with Gasteiger partial charge >= 0.3 is 6.18 Å². The van der Waals surface area contributed by atoms with E-state index in [1.165, 1.54) is 0 Å². The molecule has 0 aromatic rings. The molecule has 1 amide bonds. The van der Waals surface area contributed by atoms with E-state index in [0.29, 0.717) is 12.6 Å². The van der Waals surface area contributed by atoms with Crippen molar-refractivity contribution in [2.75, 3.05) is 32.8 Å². The van der Waals surface area contributed by atoms with Crippen LogP contribution in [0.2, 0.25) is 0 Å². The van der Waals surface area contributed by atoms with Gasteiger partial charge in [0.05, 0.1) is 0 Å². The van der Waals surface area contributed by atoms with Crippen molar-refractivity contribution in [2.45, 2.75) is 32.0 Å². The Kier molecular flexibility index (Phi) is 5.87. The fourth-order valence-electron chi connectivity index (χ4n) is 2.08. The lowest BCUT2D eigenvalue weighted by atomic mass is 10.2. The summed E-state index contributed by atoms with van der Waals surface area (Å²) in [6.07, 6.45) is -2.28. The average Bonchev–Trinajstić information content (AvgIpc) is 2.71. The van der Waals surface area contributed by atoms with Gasteiger partial charge in [-0.25, -0.2) is 0 Å². The van der Waals surface area contributed by atoms with Gasteiger partial charge in [0.15, 0.2) is 0 Å². The summed E-state index contributed by atoms with van der Waals surface area (Å²) in [6.45, 7) is 2.53. The highest BCUT2D eigenvalue weighted by Gasteiger charge is 2.28. The van der Waals surface area contributed by atoms with Crippen molar-refractivity contribution in [3.05, 3.63) is 0 Å². The fraction of sp³-hybridized carbons (Fsp3) is 0.909. The molecule has 7 heteroatoms. The third-order valence-electron chi connectivity index (χ3n) is 2.94. The predicted octanol–water partition coefficient (Wildman–Crippen LogP) is 1.17. The molecule has 1 aliphatic rings. The molecule has 106 valence electrons. The van der Waals surface area contributed by atoms with Crippen molar-refractivity contribution < 1.29 is 22.7 Å². The zero-order chi connectivity index (χ0) is 13.6. The van der Waals surface area contributed by atoms with E-state index in [0.717, 1.165) is 25.9 Å². The number of amides is 1. The molecule has 4 nitrogen and oxygen atoms in total. The zero-order valence-corrected chi connectivity index (χ0v) is 10.4. The summed E-state index contributed by atoms with van der Waals surface area (Å²) >= 11 is 0. The van der Waals surface area contributed by atoms with Gasteiger partial charge in [0.25, 0.3) is 0 Å². The number of hydrogen-bond acceptors (Lipinski definition) is 3. The molecule has 1 atom stereocenters. The van der Waals surface area contributed by atoms with Crippen LogP contribution >= 0.6 is 0 Å². The highest BCUT2D eigenvalue weighted by atomic mass is 19.4. The molecule has 0 saturated carbocycles. The van der Waals surface area contributed by atoms with Crippen LogP contribution in [-0.2, 0) is 9.53 Å². The summed E-state index contributed by atoms with van der Waals surface area (Å²) < 4.78 is 39.6. The van der Waals surface area contributed by atoms with Gasteiger partial charge in [-0.2, -0.15) is 13.2 Å². The van der Waals surface area contributed by atoms with Crippen molar-refractivity contribution in [3.63, 3.8) is 0 Å². The molecule has 1 heterocycles. The Morgan fingerprint density at radius 3 is 2.83 bits per heavy atom. The van der Waals surface area contributed by atoms with Gasteiger partial charge in [-0.15, -0.1) is 0 Å². The lowest BCUT2D eigenvalue weighted by molar-refractivity contribution is -0.175. The third kappa shape index (κ3) is 5.68. The van der Waals surface area contributed by atoms with Crippen LogP contribution in [0, 0.1) is 0 Å². The van der Waals surface area contributed by atoms with E-state index in [4.69, 9.17) is 0 Å². The summed E-state index contributed by atoms with van der Waals surface area (Å²) in [4.78, 5) is 13.5. The zero-order valence-electron chi connectivity index (χ0n) is 10.4.